The Bertz CT molecular complexity index is 355. The molecule has 0 unspecified atom stereocenters. The average molecular weight is 288 g/mol. The largest absolute Gasteiger partial charge is 0.507 e. The van der Waals surface area contributed by atoms with Crippen LogP contribution in [0.3, 0.4) is 0 Å². The fourth-order valence-corrected chi connectivity index (χ4v) is 2.14. The highest BCUT2D eigenvalue weighted by Gasteiger charge is 2.07. The van der Waals surface area contributed by atoms with E-state index in [1.165, 1.54) is 0 Å². The number of aliphatic hydroxyl groups is 1. The molecule has 90 valence electrons. The number of aliphatic hydroxyl groups excluding tert-OH is 1. The maximum Gasteiger partial charge on any atom is 0.123 e. The number of phenolic OH excluding ortho intramolecular Hbond substituents is 1. The van der Waals surface area contributed by atoms with Crippen molar-refractivity contribution in [2.24, 2.45) is 0 Å². The molecule has 0 amide bonds. The maximum atomic E-state index is 9.85. The number of aryl methyl sites for hydroxylation is 1. The Kier molecular flexibility index (Phi) is 5.25. The SMILES string of the molecule is Cc1cc(Br)cc(CN[C@H](C)CCO)c1O. The Morgan fingerprint density at radius 2 is 2.12 bits per heavy atom. The van der Waals surface area contributed by atoms with E-state index in [2.05, 4.69) is 21.2 Å². The van der Waals surface area contributed by atoms with E-state index in [9.17, 15) is 5.11 Å². The second kappa shape index (κ2) is 6.23. The summed E-state index contributed by atoms with van der Waals surface area (Å²) in [5.74, 6) is 0.340. The second-order valence-corrected chi connectivity index (χ2v) is 4.94. The highest BCUT2D eigenvalue weighted by atomic mass is 79.9. The van der Waals surface area contributed by atoms with Crippen molar-refractivity contribution in [1.29, 1.82) is 0 Å². The first-order valence-electron chi connectivity index (χ1n) is 5.36. The van der Waals surface area contributed by atoms with E-state index >= 15 is 0 Å². The topological polar surface area (TPSA) is 52.5 Å². The molecular formula is C12H18BrNO2. The van der Waals surface area contributed by atoms with E-state index in [4.69, 9.17) is 5.11 Å². The van der Waals surface area contributed by atoms with Gasteiger partial charge in [0.25, 0.3) is 0 Å². The highest BCUT2D eigenvalue weighted by Crippen LogP contribution is 2.26. The van der Waals surface area contributed by atoms with Crippen molar-refractivity contribution in [2.75, 3.05) is 6.61 Å². The number of halogens is 1. The quantitative estimate of drug-likeness (QED) is 0.779. The number of phenols is 1. The number of benzene rings is 1. The van der Waals surface area contributed by atoms with E-state index in [0.29, 0.717) is 18.7 Å². The fourth-order valence-electron chi connectivity index (χ4n) is 1.52. The lowest BCUT2D eigenvalue weighted by atomic mass is 10.1. The summed E-state index contributed by atoms with van der Waals surface area (Å²) < 4.78 is 0.967. The van der Waals surface area contributed by atoms with Crippen LogP contribution in [-0.4, -0.2) is 22.9 Å². The predicted molar refractivity (Wildman–Crippen MR) is 68.5 cm³/mol. The van der Waals surface area contributed by atoms with Gasteiger partial charge in [0.1, 0.15) is 5.75 Å². The molecule has 1 rings (SSSR count). The molecule has 1 atom stereocenters. The molecule has 0 bridgehead atoms. The van der Waals surface area contributed by atoms with Crippen LogP contribution in [0.2, 0.25) is 0 Å². The van der Waals surface area contributed by atoms with Crippen LogP contribution in [0.1, 0.15) is 24.5 Å². The van der Waals surface area contributed by atoms with Crippen LogP contribution in [0.4, 0.5) is 0 Å². The van der Waals surface area contributed by atoms with Gasteiger partial charge in [-0.1, -0.05) is 15.9 Å². The van der Waals surface area contributed by atoms with E-state index in [0.717, 1.165) is 15.6 Å². The molecule has 0 heterocycles. The average Bonchev–Trinajstić information content (AvgIpc) is 2.21. The van der Waals surface area contributed by atoms with Crippen molar-refractivity contribution < 1.29 is 10.2 Å². The minimum Gasteiger partial charge on any atom is -0.507 e. The van der Waals surface area contributed by atoms with Crippen molar-refractivity contribution in [1.82, 2.24) is 5.32 Å². The third-order valence-corrected chi connectivity index (χ3v) is 3.01. The Balaban J connectivity index is 2.66. The molecule has 0 saturated carbocycles. The Labute approximate surface area is 105 Å². The molecule has 0 aromatic heterocycles. The van der Waals surface area contributed by atoms with Crippen molar-refractivity contribution in [3.8, 4) is 5.75 Å². The van der Waals surface area contributed by atoms with Gasteiger partial charge in [-0.3, -0.25) is 0 Å². The zero-order chi connectivity index (χ0) is 12.1. The van der Waals surface area contributed by atoms with Gasteiger partial charge >= 0.3 is 0 Å². The summed E-state index contributed by atoms with van der Waals surface area (Å²) in [5.41, 5.74) is 1.73. The lowest BCUT2D eigenvalue weighted by Gasteiger charge is -2.14. The molecule has 3 nitrogen and oxygen atoms in total. The zero-order valence-corrected chi connectivity index (χ0v) is 11.2. The molecule has 0 spiro atoms. The maximum absolute atomic E-state index is 9.85. The van der Waals surface area contributed by atoms with Crippen LogP contribution in [0.5, 0.6) is 5.75 Å². The van der Waals surface area contributed by atoms with Gasteiger partial charge in [0.2, 0.25) is 0 Å². The van der Waals surface area contributed by atoms with Gasteiger partial charge < -0.3 is 15.5 Å². The molecule has 1 aromatic rings. The standard InChI is InChI=1S/C12H18BrNO2/c1-8-5-11(13)6-10(12(8)16)7-14-9(2)3-4-15/h5-6,9,14-16H,3-4,7H2,1-2H3/t9-/m1/s1. The molecular weight excluding hydrogens is 270 g/mol. The zero-order valence-electron chi connectivity index (χ0n) is 9.63. The van der Waals surface area contributed by atoms with Crippen molar-refractivity contribution >= 4 is 15.9 Å². The minimum atomic E-state index is 0.178. The Morgan fingerprint density at radius 3 is 2.75 bits per heavy atom. The number of aromatic hydroxyl groups is 1. The predicted octanol–water partition coefficient (Wildman–Crippen LogP) is 2.32. The van der Waals surface area contributed by atoms with Crippen LogP contribution < -0.4 is 5.32 Å². The molecule has 0 fully saturated rings. The molecule has 0 radical (unpaired) electrons. The van der Waals surface area contributed by atoms with Gasteiger partial charge in [0, 0.05) is 29.2 Å². The smallest absolute Gasteiger partial charge is 0.123 e. The molecule has 0 aliphatic carbocycles. The number of hydrogen-bond acceptors (Lipinski definition) is 3. The third-order valence-electron chi connectivity index (χ3n) is 2.55. The Hall–Kier alpha value is -0.580. The van der Waals surface area contributed by atoms with Gasteiger partial charge in [-0.05, 0) is 38.0 Å². The summed E-state index contributed by atoms with van der Waals surface area (Å²) in [6.45, 7) is 4.67. The van der Waals surface area contributed by atoms with Gasteiger partial charge in [0.05, 0.1) is 0 Å². The van der Waals surface area contributed by atoms with Crippen LogP contribution in [0.15, 0.2) is 16.6 Å². The van der Waals surface area contributed by atoms with Crippen LogP contribution in [0, 0.1) is 6.92 Å². The molecule has 3 N–H and O–H groups in total. The van der Waals surface area contributed by atoms with Crippen molar-refractivity contribution in [3.63, 3.8) is 0 Å². The van der Waals surface area contributed by atoms with E-state index < -0.39 is 0 Å². The van der Waals surface area contributed by atoms with E-state index in [-0.39, 0.29) is 12.6 Å². The van der Waals surface area contributed by atoms with E-state index in [1.807, 2.05) is 26.0 Å². The summed E-state index contributed by atoms with van der Waals surface area (Å²) in [7, 11) is 0. The number of rotatable bonds is 5. The summed E-state index contributed by atoms with van der Waals surface area (Å²) in [5, 5.41) is 21.9. The van der Waals surface area contributed by atoms with Crippen molar-refractivity contribution in [2.45, 2.75) is 32.9 Å². The van der Waals surface area contributed by atoms with Gasteiger partial charge in [0.15, 0.2) is 0 Å². The fraction of sp³-hybridized carbons (Fsp3) is 0.500. The highest BCUT2D eigenvalue weighted by molar-refractivity contribution is 9.10. The van der Waals surface area contributed by atoms with Gasteiger partial charge in [-0.15, -0.1) is 0 Å². The van der Waals surface area contributed by atoms with Gasteiger partial charge in [-0.25, -0.2) is 0 Å². The second-order valence-electron chi connectivity index (χ2n) is 4.02. The molecule has 16 heavy (non-hydrogen) atoms. The summed E-state index contributed by atoms with van der Waals surface area (Å²) >= 11 is 3.41. The summed E-state index contributed by atoms with van der Waals surface area (Å²) in [6.07, 6.45) is 0.716. The van der Waals surface area contributed by atoms with E-state index in [1.54, 1.807) is 0 Å². The van der Waals surface area contributed by atoms with Crippen LogP contribution in [-0.2, 0) is 6.54 Å². The lowest BCUT2D eigenvalue weighted by molar-refractivity contribution is 0.268. The molecule has 4 heteroatoms. The first kappa shape index (κ1) is 13.5. The normalized spacial score (nSPS) is 12.8. The monoisotopic (exact) mass is 287 g/mol. The number of hydrogen-bond donors (Lipinski definition) is 3. The van der Waals surface area contributed by atoms with Crippen molar-refractivity contribution in [3.05, 3.63) is 27.7 Å². The van der Waals surface area contributed by atoms with Gasteiger partial charge in [-0.2, -0.15) is 0 Å². The first-order chi connectivity index (χ1) is 7.54. The molecule has 0 aliphatic heterocycles. The third kappa shape index (κ3) is 3.77. The molecule has 0 aliphatic rings. The number of nitrogens with one attached hydrogen (secondary N) is 1. The minimum absolute atomic E-state index is 0.178. The molecule has 0 saturated heterocycles. The lowest BCUT2D eigenvalue weighted by Crippen LogP contribution is -2.26. The van der Waals surface area contributed by atoms with Crippen LogP contribution in [0.25, 0.3) is 0 Å². The summed E-state index contributed by atoms with van der Waals surface area (Å²) in [4.78, 5) is 0. The molecule has 1 aromatic carbocycles. The Morgan fingerprint density at radius 1 is 1.44 bits per heavy atom. The van der Waals surface area contributed by atoms with Crippen LogP contribution >= 0.6 is 15.9 Å². The summed E-state index contributed by atoms with van der Waals surface area (Å²) in [6, 6.07) is 4.03. The first-order valence-corrected chi connectivity index (χ1v) is 6.16.